The number of aliphatic hydroxyl groups is 1. The molecule has 1 N–H and O–H groups in total. The molecule has 1 nitrogen and oxygen atoms in total. The van der Waals surface area contributed by atoms with E-state index in [4.69, 9.17) is 5.11 Å². The maximum absolute atomic E-state index is 12.4. The summed E-state index contributed by atoms with van der Waals surface area (Å²) in [6.07, 6.45) is -2.13. The predicted octanol–water partition coefficient (Wildman–Crippen LogP) is 3.49. The van der Waals surface area contributed by atoms with Crippen LogP contribution in [-0.4, -0.2) is 11.7 Å². The van der Waals surface area contributed by atoms with E-state index in [-0.39, 0.29) is 6.61 Å². The molecule has 0 spiro atoms. The van der Waals surface area contributed by atoms with E-state index in [0.717, 1.165) is 12.1 Å². The van der Waals surface area contributed by atoms with Gasteiger partial charge in [0.15, 0.2) is 0 Å². The van der Waals surface area contributed by atoms with Crippen molar-refractivity contribution in [3.8, 4) is 0 Å². The second-order valence-electron chi connectivity index (χ2n) is 3.44. The summed E-state index contributed by atoms with van der Waals surface area (Å²) < 4.78 is 37.2. The molecule has 0 saturated carbocycles. The molecule has 0 atom stereocenters. The Morgan fingerprint density at radius 3 is 2.56 bits per heavy atom. The van der Waals surface area contributed by atoms with Gasteiger partial charge in [-0.1, -0.05) is 25.1 Å². The van der Waals surface area contributed by atoms with Crippen molar-refractivity contribution < 1.29 is 18.3 Å². The Labute approximate surface area is 92.2 Å². The Bertz CT molecular complexity index is 374. The van der Waals surface area contributed by atoms with Crippen molar-refractivity contribution in [3.63, 3.8) is 0 Å². The lowest BCUT2D eigenvalue weighted by atomic mass is 10.1. The summed E-state index contributed by atoms with van der Waals surface area (Å²) in [7, 11) is 0. The van der Waals surface area contributed by atoms with Gasteiger partial charge < -0.3 is 5.11 Å². The molecule has 0 unspecified atom stereocenters. The van der Waals surface area contributed by atoms with Crippen LogP contribution in [0.5, 0.6) is 0 Å². The zero-order valence-electron chi connectivity index (χ0n) is 8.88. The molecule has 0 radical (unpaired) electrons. The normalized spacial score (nSPS) is 12.9. The highest BCUT2D eigenvalue weighted by Gasteiger charge is 2.30. The van der Waals surface area contributed by atoms with E-state index in [0.29, 0.717) is 17.6 Å². The van der Waals surface area contributed by atoms with E-state index < -0.39 is 11.7 Å². The molecular weight excluding hydrogens is 217 g/mol. The van der Waals surface area contributed by atoms with Crippen LogP contribution < -0.4 is 0 Å². The molecule has 16 heavy (non-hydrogen) atoms. The third-order valence-corrected chi connectivity index (χ3v) is 2.24. The van der Waals surface area contributed by atoms with Gasteiger partial charge in [0.1, 0.15) is 0 Å². The fourth-order valence-corrected chi connectivity index (χ4v) is 1.30. The van der Waals surface area contributed by atoms with E-state index in [1.54, 1.807) is 12.1 Å². The van der Waals surface area contributed by atoms with Crippen LogP contribution in [0, 0.1) is 0 Å². The summed E-state index contributed by atoms with van der Waals surface area (Å²) in [6.45, 7) is 1.71. The van der Waals surface area contributed by atoms with Gasteiger partial charge in [-0.15, -0.1) is 0 Å². The number of alkyl halides is 3. The van der Waals surface area contributed by atoms with Crippen molar-refractivity contribution in [3.05, 3.63) is 41.0 Å². The molecule has 0 saturated heterocycles. The van der Waals surface area contributed by atoms with Gasteiger partial charge in [-0.05, 0) is 29.7 Å². The molecule has 0 heterocycles. The summed E-state index contributed by atoms with van der Waals surface area (Å²) in [6, 6.07) is 5.05. The SMILES string of the molecule is CCC(=Cc1cccc(C(F)(F)F)c1)CO. The molecule has 1 aromatic carbocycles. The number of benzene rings is 1. The average molecular weight is 230 g/mol. The molecule has 0 aromatic heterocycles. The van der Waals surface area contributed by atoms with Gasteiger partial charge in [-0.25, -0.2) is 0 Å². The van der Waals surface area contributed by atoms with E-state index in [1.165, 1.54) is 6.07 Å². The lowest BCUT2D eigenvalue weighted by Crippen LogP contribution is -2.04. The molecule has 88 valence electrons. The van der Waals surface area contributed by atoms with E-state index in [1.807, 2.05) is 6.92 Å². The third-order valence-electron chi connectivity index (χ3n) is 2.24. The average Bonchev–Trinajstić information content (AvgIpc) is 2.25. The highest BCUT2D eigenvalue weighted by molar-refractivity contribution is 5.54. The van der Waals surface area contributed by atoms with E-state index in [9.17, 15) is 13.2 Å². The summed E-state index contributed by atoms with van der Waals surface area (Å²) in [5.74, 6) is 0. The topological polar surface area (TPSA) is 20.2 Å². The number of hydrogen-bond donors (Lipinski definition) is 1. The van der Waals surface area contributed by atoms with Crippen molar-refractivity contribution in [1.82, 2.24) is 0 Å². The minimum absolute atomic E-state index is 0.132. The molecule has 0 aliphatic rings. The molecule has 1 aromatic rings. The van der Waals surface area contributed by atoms with Gasteiger partial charge in [0, 0.05) is 0 Å². The van der Waals surface area contributed by atoms with Crippen molar-refractivity contribution in [2.45, 2.75) is 19.5 Å². The first kappa shape index (κ1) is 12.8. The van der Waals surface area contributed by atoms with Crippen molar-refractivity contribution >= 4 is 6.08 Å². The molecule has 0 aliphatic carbocycles. The van der Waals surface area contributed by atoms with Crippen LogP contribution in [0.15, 0.2) is 29.8 Å². The van der Waals surface area contributed by atoms with Gasteiger partial charge in [0.2, 0.25) is 0 Å². The maximum Gasteiger partial charge on any atom is 0.416 e. The molecule has 0 aliphatic heterocycles. The number of hydrogen-bond acceptors (Lipinski definition) is 1. The molecule has 1 rings (SSSR count). The monoisotopic (exact) mass is 230 g/mol. The van der Waals surface area contributed by atoms with Crippen LogP contribution in [0.4, 0.5) is 13.2 Å². The van der Waals surface area contributed by atoms with Crippen LogP contribution in [0.2, 0.25) is 0 Å². The van der Waals surface area contributed by atoms with E-state index >= 15 is 0 Å². The minimum Gasteiger partial charge on any atom is -0.392 e. The molecule has 0 fully saturated rings. The highest BCUT2D eigenvalue weighted by Crippen LogP contribution is 2.29. The largest absolute Gasteiger partial charge is 0.416 e. The Kier molecular flexibility index (Phi) is 4.12. The summed E-state index contributed by atoms with van der Waals surface area (Å²) in [4.78, 5) is 0. The van der Waals surface area contributed by atoms with Crippen molar-refractivity contribution in [2.75, 3.05) is 6.61 Å². The van der Waals surface area contributed by atoms with Gasteiger partial charge in [0.05, 0.1) is 12.2 Å². The van der Waals surface area contributed by atoms with Gasteiger partial charge in [-0.2, -0.15) is 13.2 Å². The maximum atomic E-state index is 12.4. The molecule has 0 amide bonds. The summed E-state index contributed by atoms with van der Waals surface area (Å²) in [5.41, 5.74) is 0.495. The van der Waals surface area contributed by atoms with Crippen LogP contribution >= 0.6 is 0 Å². The quantitative estimate of drug-likeness (QED) is 0.842. The zero-order valence-corrected chi connectivity index (χ0v) is 8.88. The zero-order chi connectivity index (χ0) is 12.2. The lowest BCUT2D eigenvalue weighted by Gasteiger charge is -2.07. The van der Waals surface area contributed by atoms with Crippen LogP contribution in [0.3, 0.4) is 0 Å². The van der Waals surface area contributed by atoms with E-state index in [2.05, 4.69) is 0 Å². The third kappa shape index (κ3) is 3.38. The first-order valence-corrected chi connectivity index (χ1v) is 4.95. The highest BCUT2D eigenvalue weighted by atomic mass is 19.4. The Morgan fingerprint density at radius 1 is 1.38 bits per heavy atom. The fourth-order valence-electron chi connectivity index (χ4n) is 1.30. The second-order valence-corrected chi connectivity index (χ2v) is 3.44. The Hall–Kier alpha value is -1.29. The molecular formula is C12H13F3O. The van der Waals surface area contributed by atoms with Crippen molar-refractivity contribution in [1.29, 1.82) is 0 Å². The van der Waals surface area contributed by atoms with Crippen LogP contribution in [0.1, 0.15) is 24.5 Å². The Balaban J connectivity index is 3.04. The number of halogens is 3. The lowest BCUT2D eigenvalue weighted by molar-refractivity contribution is -0.137. The summed E-state index contributed by atoms with van der Waals surface area (Å²) in [5, 5.41) is 8.93. The smallest absolute Gasteiger partial charge is 0.392 e. The molecule has 4 heteroatoms. The van der Waals surface area contributed by atoms with Crippen LogP contribution in [-0.2, 0) is 6.18 Å². The first-order chi connectivity index (χ1) is 7.47. The standard InChI is InChI=1S/C12H13F3O/c1-2-9(8-16)6-10-4-3-5-11(7-10)12(13,14)15/h3-7,16H,2,8H2,1H3. The van der Waals surface area contributed by atoms with Crippen molar-refractivity contribution in [2.24, 2.45) is 0 Å². The number of aliphatic hydroxyl groups excluding tert-OH is 1. The van der Waals surface area contributed by atoms with Gasteiger partial charge in [0.25, 0.3) is 0 Å². The second kappa shape index (κ2) is 5.16. The molecule has 0 bridgehead atoms. The first-order valence-electron chi connectivity index (χ1n) is 4.95. The fraction of sp³-hybridized carbons (Fsp3) is 0.333. The van der Waals surface area contributed by atoms with Gasteiger partial charge >= 0.3 is 6.18 Å². The van der Waals surface area contributed by atoms with Crippen LogP contribution in [0.25, 0.3) is 6.08 Å². The number of rotatable bonds is 3. The predicted molar refractivity (Wildman–Crippen MR) is 56.8 cm³/mol. The van der Waals surface area contributed by atoms with Gasteiger partial charge in [-0.3, -0.25) is 0 Å². The summed E-state index contributed by atoms with van der Waals surface area (Å²) >= 11 is 0. The minimum atomic E-state index is -4.32. The Morgan fingerprint density at radius 2 is 2.06 bits per heavy atom.